The summed E-state index contributed by atoms with van der Waals surface area (Å²) in [7, 11) is 0. The quantitative estimate of drug-likeness (QED) is 0.714. The molecule has 0 bridgehead atoms. The molecule has 0 amide bonds. The maximum Gasteiger partial charge on any atom is 0.264 e. The number of aromatic amines is 1. The Morgan fingerprint density at radius 3 is 3.00 bits per heavy atom. The van der Waals surface area contributed by atoms with Gasteiger partial charge in [-0.05, 0) is 11.6 Å². The number of nitrogens with zero attached hydrogens (tertiary/aromatic N) is 1. The minimum atomic E-state index is -0.257. The van der Waals surface area contributed by atoms with Gasteiger partial charge >= 0.3 is 0 Å². The summed E-state index contributed by atoms with van der Waals surface area (Å²) in [4.78, 5) is 11.2. The molecule has 0 atom stereocenters. The van der Waals surface area contributed by atoms with Crippen molar-refractivity contribution < 1.29 is 4.42 Å². The summed E-state index contributed by atoms with van der Waals surface area (Å²) in [5, 5.41) is 7.44. The van der Waals surface area contributed by atoms with Crippen LogP contribution in [0, 0.1) is 0 Å². The van der Waals surface area contributed by atoms with E-state index >= 15 is 0 Å². The Hall–Kier alpha value is -2.40. The number of rotatable bonds is 2. The Balaban J connectivity index is 2.29. The van der Waals surface area contributed by atoms with Crippen LogP contribution in [0.15, 0.2) is 45.8 Å². The Kier molecular flexibility index (Phi) is 2.46. The predicted octanol–water partition coefficient (Wildman–Crippen LogP) is 1.64. The van der Waals surface area contributed by atoms with Crippen LogP contribution in [0.1, 0.15) is 5.56 Å². The molecule has 2 aromatic heterocycles. The van der Waals surface area contributed by atoms with Gasteiger partial charge in [-0.25, -0.2) is 5.10 Å². The van der Waals surface area contributed by atoms with Gasteiger partial charge < -0.3 is 10.2 Å². The SMILES string of the molecule is NCc1cc(=O)[nH]nc1-c1coc2ccccc12. The van der Waals surface area contributed by atoms with Gasteiger partial charge in [0.2, 0.25) is 0 Å². The fourth-order valence-electron chi connectivity index (χ4n) is 1.99. The van der Waals surface area contributed by atoms with E-state index in [0.717, 1.165) is 16.5 Å². The number of benzene rings is 1. The number of hydrogen-bond donors (Lipinski definition) is 2. The van der Waals surface area contributed by atoms with Crippen LogP contribution in [0.2, 0.25) is 0 Å². The van der Waals surface area contributed by atoms with Crippen molar-refractivity contribution in [2.45, 2.75) is 6.54 Å². The van der Waals surface area contributed by atoms with Crippen LogP contribution < -0.4 is 11.3 Å². The molecule has 90 valence electrons. The second kappa shape index (κ2) is 4.12. The molecule has 0 fully saturated rings. The number of fused-ring (bicyclic) bond motifs is 1. The van der Waals surface area contributed by atoms with E-state index < -0.39 is 0 Å². The fourth-order valence-corrected chi connectivity index (χ4v) is 1.99. The lowest BCUT2D eigenvalue weighted by Crippen LogP contribution is -2.12. The number of nitrogens with one attached hydrogen (secondary N) is 1. The molecular formula is C13H11N3O2. The van der Waals surface area contributed by atoms with Gasteiger partial charge in [-0.1, -0.05) is 18.2 Å². The van der Waals surface area contributed by atoms with Crippen LogP contribution in [0.5, 0.6) is 0 Å². The van der Waals surface area contributed by atoms with Crippen LogP contribution in [0.25, 0.3) is 22.2 Å². The Morgan fingerprint density at radius 1 is 1.33 bits per heavy atom. The van der Waals surface area contributed by atoms with Gasteiger partial charge in [0.05, 0.1) is 5.69 Å². The molecule has 0 unspecified atom stereocenters. The zero-order valence-electron chi connectivity index (χ0n) is 9.51. The first-order chi connectivity index (χ1) is 8.79. The third-order valence-corrected chi connectivity index (χ3v) is 2.84. The Labute approximate surface area is 102 Å². The van der Waals surface area contributed by atoms with Crippen molar-refractivity contribution in [1.82, 2.24) is 10.2 Å². The highest BCUT2D eigenvalue weighted by atomic mass is 16.3. The second-order valence-electron chi connectivity index (χ2n) is 3.96. The molecule has 2 heterocycles. The first-order valence-electron chi connectivity index (χ1n) is 5.55. The summed E-state index contributed by atoms with van der Waals surface area (Å²) in [6.45, 7) is 0.256. The lowest BCUT2D eigenvalue weighted by molar-refractivity contribution is 0.616. The molecular weight excluding hydrogens is 230 g/mol. The van der Waals surface area contributed by atoms with Gasteiger partial charge in [0.25, 0.3) is 5.56 Å². The molecule has 0 radical (unpaired) electrons. The average molecular weight is 241 g/mol. The molecule has 3 N–H and O–H groups in total. The maximum absolute atomic E-state index is 11.2. The van der Waals surface area contributed by atoms with E-state index in [0.29, 0.717) is 11.3 Å². The summed E-state index contributed by atoms with van der Waals surface area (Å²) in [6.07, 6.45) is 1.63. The zero-order valence-corrected chi connectivity index (χ0v) is 9.51. The van der Waals surface area contributed by atoms with Gasteiger partial charge in [0.1, 0.15) is 11.8 Å². The largest absolute Gasteiger partial charge is 0.464 e. The monoisotopic (exact) mass is 241 g/mol. The molecule has 0 aliphatic carbocycles. The highest BCUT2D eigenvalue weighted by Crippen LogP contribution is 2.30. The number of furan rings is 1. The topological polar surface area (TPSA) is 84.9 Å². The molecule has 0 saturated heterocycles. The van der Waals surface area contributed by atoms with Crippen LogP contribution >= 0.6 is 0 Å². The van der Waals surface area contributed by atoms with Crippen molar-refractivity contribution in [3.8, 4) is 11.3 Å². The second-order valence-corrected chi connectivity index (χ2v) is 3.96. The van der Waals surface area contributed by atoms with E-state index in [9.17, 15) is 4.79 Å². The Bertz CT molecular complexity index is 758. The average Bonchev–Trinajstić information content (AvgIpc) is 2.82. The molecule has 18 heavy (non-hydrogen) atoms. The summed E-state index contributed by atoms with van der Waals surface area (Å²) in [5.74, 6) is 0. The first-order valence-corrected chi connectivity index (χ1v) is 5.55. The molecule has 3 aromatic rings. The van der Waals surface area contributed by atoms with Crippen LogP contribution in [0.3, 0.4) is 0 Å². The van der Waals surface area contributed by atoms with Crippen molar-refractivity contribution in [3.63, 3.8) is 0 Å². The molecule has 0 aliphatic heterocycles. The zero-order chi connectivity index (χ0) is 12.5. The number of H-pyrrole nitrogens is 1. The van der Waals surface area contributed by atoms with Crippen LogP contribution in [-0.2, 0) is 6.54 Å². The molecule has 5 heteroatoms. The lowest BCUT2D eigenvalue weighted by atomic mass is 10.1. The number of nitrogens with two attached hydrogens (primary N) is 1. The molecule has 3 rings (SSSR count). The normalized spacial score (nSPS) is 10.9. The number of aromatic nitrogens is 2. The third-order valence-electron chi connectivity index (χ3n) is 2.84. The van der Waals surface area contributed by atoms with Crippen molar-refractivity contribution >= 4 is 11.0 Å². The van der Waals surface area contributed by atoms with Crippen LogP contribution in [-0.4, -0.2) is 10.2 Å². The predicted molar refractivity (Wildman–Crippen MR) is 68.0 cm³/mol. The Morgan fingerprint density at radius 2 is 2.17 bits per heavy atom. The van der Waals surface area contributed by atoms with E-state index in [2.05, 4.69) is 10.2 Å². The van der Waals surface area contributed by atoms with E-state index in [1.807, 2.05) is 24.3 Å². The number of hydrogen-bond acceptors (Lipinski definition) is 4. The molecule has 0 saturated carbocycles. The van der Waals surface area contributed by atoms with Gasteiger partial charge in [0.15, 0.2) is 0 Å². The van der Waals surface area contributed by atoms with Crippen molar-refractivity contribution in [3.05, 3.63) is 52.5 Å². The van der Waals surface area contributed by atoms with Gasteiger partial charge in [-0.3, -0.25) is 4.79 Å². The standard InChI is InChI=1S/C13H11N3O2/c14-6-8-5-12(17)15-16-13(8)10-7-18-11-4-2-1-3-9(10)11/h1-5,7H,6,14H2,(H,15,17). The van der Waals surface area contributed by atoms with E-state index in [-0.39, 0.29) is 12.1 Å². The van der Waals surface area contributed by atoms with E-state index in [1.165, 1.54) is 6.07 Å². The van der Waals surface area contributed by atoms with Gasteiger partial charge in [-0.15, -0.1) is 0 Å². The summed E-state index contributed by atoms with van der Waals surface area (Å²) in [6, 6.07) is 9.12. The molecule has 0 aliphatic rings. The molecule has 1 aromatic carbocycles. The number of para-hydroxylation sites is 1. The smallest absolute Gasteiger partial charge is 0.264 e. The summed E-state index contributed by atoms with van der Waals surface area (Å²) < 4.78 is 5.46. The van der Waals surface area contributed by atoms with Crippen LogP contribution in [0.4, 0.5) is 0 Å². The fraction of sp³-hybridized carbons (Fsp3) is 0.0769. The van der Waals surface area contributed by atoms with E-state index in [1.54, 1.807) is 6.26 Å². The minimum absolute atomic E-state index is 0.256. The first kappa shape index (κ1) is 10.7. The van der Waals surface area contributed by atoms with E-state index in [4.69, 9.17) is 10.2 Å². The molecule has 5 nitrogen and oxygen atoms in total. The molecule has 0 spiro atoms. The van der Waals surface area contributed by atoms with Crippen molar-refractivity contribution in [1.29, 1.82) is 0 Å². The van der Waals surface area contributed by atoms with Gasteiger partial charge in [0, 0.05) is 23.6 Å². The maximum atomic E-state index is 11.2. The summed E-state index contributed by atoms with van der Waals surface area (Å²) >= 11 is 0. The van der Waals surface area contributed by atoms with Gasteiger partial charge in [-0.2, -0.15) is 5.10 Å². The minimum Gasteiger partial charge on any atom is -0.464 e. The summed E-state index contributed by atoms with van der Waals surface area (Å²) in [5.41, 5.74) is 8.36. The highest BCUT2D eigenvalue weighted by Gasteiger charge is 2.12. The third kappa shape index (κ3) is 1.61. The van der Waals surface area contributed by atoms with Crippen molar-refractivity contribution in [2.24, 2.45) is 5.73 Å². The highest BCUT2D eigenvalue weighted by molar-refractivity contribution is 5.93. The lowest BCUT2D eigenvalue weighted by Gasteiger charge is -2.03. The van der Waals surface area contributed by atoms with Crippen molar-refractivity contribution in [2.75, 3.05) is 0 Å².